The van der Waals surface area contributed by atoms with Gasteiger partial charge in [0.05, 0.1) is 13.2 Å². The number of nitrogens with one attached hydrogen (secondary N) is 2. The Kier molecular flexibility index (Phi) is 4.40. The first kappa shape index (κ1) is 17.6. The van der Waals surface area contributed by atoms with Crippen LogP contribution in [0.2, 0.25) is 0 Å². The van der Waals surface area contributed by atoms with Gasteiger partial charge in [-0.1, -0.05) is 12.1 Å². The van der Waals surface area contributed by atoms with Crippen molar-refractivity contribution in [3.05, 3.63) is 57.5 Å². The number of hydrogen-bond donors (Lipinski definition) is 3. The Labute approximate surface area is 154 Å². The van der Waals surface area contributed by atoms with E-state index in [1.165, 1.54) is 28.8 Å². The summed E-state index contributed by atoms with van der Waals surface area (Å²) in [5, 5.41) is 16.0. The molecule has 142 valence electrons. The Morgan fingerprint density at radius 2 is 2.19 bits per heavy atom. The van der Waals surface area contributed by atoms with Crippen LogP contribution in [0.4, 0.5) is 4.39 Å². The number of halogens is 1. The second-order valence-corrected chi connectivity index (χ2v) is 6.67. The van der Waals surface area contributed by atoms with E-state index in [2.05, 4.69) is 15.6 Å². The standard InChI is InChI=1S/C18H19FN4O4/c19-12-3-1-11(2-4-12)9-21-15(25)13-14(24)16(26)23-7-8-27-18(17(23)22-13)5-6-20-10-18/h1-4,20,24H,5-10H2,(H,21,25). The molecule has 1 amide bonds. The summed E-state index contributed by atoms with van der Waals surface area (Å²) in [6.45, 7) is 1.92. The van der Waals surface area contributed by atoms with Crippen LogP contribution < -0.4 is 16.2 Å². The molecule has 1 aromatic carbocycles. The normalized spacial score (nSPS) is 21.2. The maximum absolute atomic E-state index is 13.0. The summed E-state index contributed by atoms with van der Waals surface area (Å²) in [6.07, 6.45) is 0.626. The van der Waals surface area contributed by atoms with Gasteiger partial charge in [0.15, 0.2) is 5.69 Å². The topological polar surface area (TPSA) is 105 Å². The van der Waals surface area contributed by atoms with Gasteiger partial charge in [-0.2, -0.15) is 0 Å². The first-order chi connectivity index (χ1) is 13.0. The maximum Gasteiger partial charge on any atom is 0.296 e. The minimum atomic E-state index is -0.767. The van der Waals surface area contributed by atoms with Gasteiger partial charge < -0.3 is 20.5 Å². The first-order valence-corrected chi connectivity index (χ1v) is 8.72. The van der Waals surface area contributed by atoms with Crippen LogP contribution in [0.3, 0.4) is 0 Å². The number of benzene rings is 1. The highest BCUT2D eigenvalue weighted by Gasteiger charge is 2.44. The molecule has 0 radical (unpaired) electrons. The molecule has 2 aliphatic heterocycles. The summed E-state index contributed by atoms with van der Waals surface area (Å²) < 4.78 is 20.2. The Morgan fingerprint density at radius 1 is 1.41 bits per heavy atom. The van der Waals surface area contributed by atoms with Crippen LogP contribution in [0.15, 0.2) is 29.1 Å². The maximum atomic E-state index is 13.0. The van der Waals surface area contributed by atoms with Crippen molar-refractivity contribution in [1.29, 1.82) is 0 Å². The van der Waals surface area contributed by atoms with E-state index in [-0.39, 0.29) is 24.6 Å². The number of rotatable bonds is 3. The third-order valence-electron chi connectivity index (χ3n) is 4.94. The number of carbonyl (C=O) groups is 1. The number of amides is 1. The van der Waals surface area contributed by atoms with Crippen molar-refractivity contribution in [1.82, 2.24) is 20.2 Å². The number of nitrogens with zero attached hydrogens (tertiary/aromatic N) is 2. The fourth-order valence-electron chi connectivity index (χ4n) is 3.51. The van der Waals surface area contributed by atoms with Crippen molar-refractivity contribution in [3.63, 3.8) is 0 Å². The Morgan fingerprint density at radius 3 is 2.89 bits per heavy atom. The Hall–Kier alpha value is -2.78. The van der Waals surface area contributed by atoms with Crippen LogP contribution in [0.25, 0.3) is 0 Å². The number of fused-ring (bicyclic) bond motifs is 2. The van der Waals surface area contributed by atoms with Crippen LogP contribution in [0.5, 0.6) is 5.75 Å². The highest BCUT2D eigenvalue weighted by molar-refractivity contribution is 5.94. The van der Waals surface area contributed by atoms with Gasteiger partial charge in [-0.25, -0.2) is 9.37 Å². The molecule has 2 aliphatic rings. The van der Waals surface area contributed by atoms with Crippen molar-refractivity contribution in [3.8, 4) is 5.75 Å². The fraction of sp³-hybridized carbons (Fsp3) is 0.389. The van der Waals surface area contributed by atoms with E-state index >= 15 is 0 Å². The number of aromatic nitrogens is 2. The molecule has 1 saturated heterocycles. The molecule has 3 heterocycles. The summed E-state index contributed by atoms with van der Waals surface area (Å²) in [5.41, 5.74) is -1.07. The molecule has 1 atom stereocenters. The average molecular weight is 374 g/mol. The van der Waals surface area contributed by atoms with Crippen molar-refractivity contribution in [2.24, 2.45) is 0 Å². The summed E-state index contributed by atoms with van der Waals surface area (Å²) in [7, 11) is 0. The number of aromatic hydroxyl groups is 1. The minimum Gasteiger partial charge on any atom is -0.501 e. The summed E-state index contributed by atoms with van der Waals surface area (Å²) in [4.78, 5) is 29.4. The second-order valence-electron chi connectivity index (χ2n) is 6.67. The molecule has 2 aromatic rings. The van der Waals surface area contributed by atoms with E-state index in [1.54, 1.807) is 0 Å². The zero-order valence-electron chi connectivity index (χ0n) is 14.5. The Bertz CT molecular complexity index is 936. The van der Waals surface area contributed by atoms with E-state index in [0.29, 0.717) is 37.5 Å². The molecule has 9 heteroatoms. The SMILES string of the molecule is O=C(NCc1ccc(F)cc1)c1nc2n(c(=O)c1O)CCOC21CCNC1. The second kappa shape index (κ2) is 6.75. The van der Waals surface area contributed by atoms with E-state index in [0.717, 1.165) is 0 Å². The highest BCUT2D eigenvalue weighted by atomic mass is 19.1. The molecule has 1 aromatic heterocycles. The third kappa shape index (κ3) is 3.08. The van der Waals surface area contributed by atoms with Crippen molar-refractivity contribution >= 4 is 5.91 Å². The van der Waals surface area contributed by atoms with E-state index in [9.17, 15) is 19.1 Å². The molecule has 1 fully saturated rings. The lowest BCUT2D eigenvalue weighted by atomic mass is 10.00. The summed E-state index contributed by atoms with van der Waals surface area (Å²) in [6, 6.07) is 5.66. The van der Waals surface area contributed by atoms with Crippen LogP contribution in [0, 0.1) is 5.82 Å². The number of ether oxygens (including phenoxy) is 1. The van der Waals surface area contributed by atoms with Crippen molar-refractivity contribution in [2.75, 3.05) is 19.7 Å². The lowest BCUT2D eigenvalue weighted by Crippen LogP contribution is -2.46. The first-order valence-electron chi connectivity index (χ1n) is 8.72. The van der Waals surface area contributed by atoms with Crippen LogP contribution in [-0.2, 0) is 23.4 Å². The molecule has 8 nitrogen and oxygen atoms in total. The molecule has 27 heavy (non-hydrogen) atoms. The molecule has 1 spiro atoms. The number of hydrogen-bond acceptors (Lipinski definition) is 6. The summed E-state index contributed by atoms with van der Waals surface area (Å²) in [5.74, 6) is -1.38. The highest BCUT2D eigenvalue weighted by Crippen LogP contribution is 2.33. The molecule has 0 saturated carbocycles. The molecule has 0 bridgehead atoms. The van der Waals surface area contributed by atoms with Gasteiger partial charge in [-0.3, -0.25) is 14.2 Å². The van der Waals surface area contributed by atoms with Crippen molar-refractivity contribution in [2.45, 2.75) is 25.1 Å². The van der Waals surface area contributed by atoms with E-state index in [4.69, 9.17) is 4.74 Å². The minimum absolute atomic E-state index is 0.113. The molecule has 0 aliphatic carbocycles. The molecule has 3 N–H and O–H groups in total. The van der Waals surface area contributed by atoms with Gasteiger partial charge in [0.2, 0.25) is 5.75 Å². The van der Waals surface area contributed by atoms with Gasteiger partial charge in [0, 0.05) is 13.1 Å². The third-order valence-corrected chi connectivity index (χ3v) is 4.94. The van der Waals surface area contributed by atoms with Crippen LogP contribution in [0.1, 0.15) is 28.3 Å². The van der Waals surface area contributed by atoms with E-state index in [1.807, 2.05) is 0 Å². The Balaban J connectivity index is 1.64. The van der Waals surface area contributed by atoms with Crippen molar-refractivity contribution < 1.29 is 19.0 Å². The zero-order valence-corrected chi connectivity index (χ0v) is 14.5. The smallest absolute Gasteiger partial charge is 0.296 e. The van der Waals surface area contributed by atoms with Crippen LogP contribution >= 0.6 is 0 Å². The quantitative estimate of drug-likeness (QED) is 0.711. The predicted molar refractivity (Wildman–Crippen MR) is 92.8 cm³/mol. The van der Waals surface area contributed by atoms with Gasteiger partial charge >= 0.3 is 0 Å². The lowest BCUT2D eigenvalue weighted by molar-refractivity contribution is -0.0691. The molecule has 4 rings (SSSR count). The van der Waals surface area contributed by atoms with Gasteiger partial charge in [0.25, 0.3) is 11.5 Å². The van der Waals surface area contributed by atoms with Crippen LogP contribution in [-0.4, -0.2) is 40.3 Å². The molecular formula is C18H19FN4O4. The lowest BCUT2D eigenvalue weighted by Gasteiger charge is -2.34. The zero-order chi connectivity index (χ0) is 19.0. The number of carbonyl (C=O) groups excluding carboxylic acids is 1. The summed E-state index contributed by atoms with van der Waals surface area (Å²) >= 11 is 0. The van der Waals surface area contributed by atoms with Gasteiger partial charge in [-0.15, -0.1) is 0 Å². The monoisotopic (exact) mass is 374 g/mol. The average Bonchev–Trinajstić information content (AvgIpc) is 3.13. The largest absolute Gasteiger partial charge is 0.501 e. The molecular weight excluding hydrogens is 355 g/mol. The molecule has 1 unspecified atom stereocenters. The predicted octanol–water partition coefficient (Wildman–Crippen LogP) is 0.237. The van der Waals surface area contributed by atoms with Gasteiger partial charge in [-0.05, 0) is 30.7 Å². The van der Waals surface area contributed by atoms with Gasteiger partial charge in [0.1, 0.15) is 17.2 Å². The van der Waals surface area contributed by atoms with E-state index < -0.39 is 22.8 Å². The fourth-order valence-corrected chi connectivity index (χ4v) is 3.51.